The van der Waals surface area contributed by atoms with Crippen LogP contribution in [0.3, 0.4) is 0 Å². The van der Waals surface area contributed by atoms with E-state index in [0.717, 1.165) is 29.5 Å². The lowest BCUT2D eigenvalue weighted by Crippen LogP contribution is -2.37. The molecule has 3 rings (SSSR count). The topological polar surface area (TPSA) is 41.1 Å². The second kappa shape index (κ2) is 9.42. The molecule has 0 spiro atoms. The number of fused-ring (bicyclic) bond motifs is 1. The first-order valence-corrected chi connectivity index (χ1v) is 9.62. The molecule has 0 bridgehead atoms. The number of hydrogen-bond donors (Lipinski definition) is 2. The van der Waals surface area contributed by atoms with E-state index in [-0.39, 0.29) is 17.6 Å². The van der Waals surface area contributed by atoms with Crippen LogP contribution < -0.4 is 10.6 Å². The summed E-state index contributed by atoms with van der Waals surface area (Å²) in [5.74, 6) is -0.0440. The van der Waals surface area contributed by atoms with Crippen LogP contribution in [0.5, 0.6) is 0 Å². The maximum Gasteiger partial charge on any atom is 0.166 e. The zero-order valence-corrected chi connectivity index (χ0v) is 15.9. The third kappa shape index (κ3) is 5.47. The Kier molecular flexibility index (Phi) is 6.71. The molecule has 0 amide bonds. The highest BCUT2D eigenvalue weighted by Crippen LogP contribution is 2.32. The van der Waals surface area contributed by atoms with Gasteiger partial charge in [-0.3, -0.25) is 4.79 Å². The van der Waals surface area contributed by atoms with Crippen LogP contribution in [0.2, 0.25) is 0 Å². The summed E-state index contributed by atoms with van der Waals surface area (Å²) >= 11 is 5.33. The molecule has 2 aromatic carbocycles. The fraction of sp³-hybridized carbons (Fsp3) is 0.273. The van der Waals surface area contributed by atoms with Crippen molar-refractivity contribution in [1.29, 1.82) is 0 Å². The van der Waals surface area contributed by atoms with E-state index in [2.05, 4.69) is 10.6 Å². The van der Waals surface area contributed by atoms with Gasteiger partial charge in [0.15, 0.2) is 10.9 Å². The number of ketones is 1. The Morgan fingerprint density at radius 3 is 2.81 bits per heavy atom. The fourth-order valence-electron chi connectivity index (χ4n) is 3.27. The number of thiocarbonyl (C=S) groups is 1. The van der Waals surface area contributed by atoms with Gasteiger partial charge >= 0.3 is 0 Å². The Morgan fingerprint density at radius 1 is 1.19 bits per heavy atom. The smallest absolute Gasteiger partial charge is 0.166 e. The van der Waals surface area contributed by atoms with Crippen LogP contribution in [0.1, 0.15) is 42.0 Å². The monoisotopic (exact) mass is 382 g/mol. The first-order valence-electron chi connectivity index (χ1n) is 9.21. The Labute approximate surface area is 164 Å². The van der Waals surface area contributed by atoms with E-state index >= 15 is 0 Å². The molecular weight excluding hydrogens is 359 g/mol. The van der Waals surface area contributed by atoms with Crippen LogP contribution in [0.15, 0.2) is 54.6 Å². The summed E-state index contributed by atoms with van der Waals surface area (Å²) < 4.78 is 13.8. The van der Waals surface area contributed by atoms with Crippen LogP contribution in [-0.2, 0) is 11.2 Å². The van der Waals surface area contributed by atoms with Gasteiger partial charge < -0.3 is 10.6 Å². The Morgan fingerprint density at radius 2 is 2.00 bits per heavy atom. The van der Waals surface area contributed by atoms with Gasteiger partial charge in [-0.2, -0.15) is 0 Å². The SMILES string of the molecule is O=C(/C=C/c1ccccc1)CCCNC(=S)NC1CCc2c(F)cccc21. The van der Waals surface area contributed by atoms with Crippen molar-refractivity contribution in [2.75, 3.05) is 6.54 Å². The van der Waals surface area contributed by atoms with E-state index in [4.69, 9.17) is 12.2 Å². The molecule has 0 saturated heterocycles. The molecule has 2 N–H and O–H groups in total. The molecule has 1 atom stereocenters. The van der Waals surface area contributed by atoms with E-state index in [1.165, 1.54) is 6.07 Å². The van der Waals surface area contributed by atoms with Gasteiger partial charge in [-0.25, -0.2) is 4.39 Å². The minimum Gasteiger partial charge on any atom is -0.363 e. The minimum absolute atomic E-state index is 0.0473. The van der Waals surface area contributed by atoms with Gasteiger partial charge in [0.05, 0.1) is 6.04 Å². The molecule has 0 saturated carbocycles. The molecular formula is C22H23FN2OS. The number of carbonyl (C=O) groups is 1. The number of halogens is 1. The zero-order valence-electron chi connectivity index (χ0n) is 15.1. The summed E-state index contributed by atoms with van der Waals surface area (Å²) in [5, 5.41) is 6.93. The highest BCUT2D eigenvalue weighted by atomic mass is 32.1. The highest BCUT2D eigenvalue weighted by Gasteiger charge is 2.25. The summed E-state index contributed by atoms with van der Waals surface area (Å²) in [4.78, 5) is 11.9. The minimum atomic E-state index is -0.141. The molecule has 1 unspecified atom stereocenters. The number of rotatable bonds is 7. The Bertz CT molecular complexity index is 835. The predicted molar refractivity (Wildman–Crippen MR) is 111 cm³/mol. The fourth-order valence-corrected chi connectivity index (χ4v) is 3.51. The summed E-state index contributed by atoms with van der Waals surface area (Å²) in [6, 6.07) is 15.0. The lowest BCUT2D eigenvalue weighted by atomic mass is 10.1. The summed E-state index contributed by atoms with van der Waals surface area (Å²) in [5.41, 5.74) is 2.79. The average Bonchev–Trinajstić information content (AvgIpc) is 3.08. The molecule has 0 fully saturated rings. The van der Waals surface area contributed by atoms with Crippen molar-refractivity contribution < 1.29 is 9.18 Å². The van der Waals surface area contributed by atoms with Crippen molar-refractivity contribution in [1.82, 2.24) is 10.6 Å². The lowest BCUT2D eigenvalue weighted by molar-refractivity contribution is -0.114. The van der Waals surface area contributed by atoms with E-state index in [0.29, 0.717) is 24.5 Å². The summed E-state index contributed by atoms with van der Waals surface area (Å²) in [6.07, 6.45) is 6.19. The van der Waals surface area contributed by atoms with Gasteiger partial charge in [0.1, 0.15) is 5.82 Å². The van der Waals surface area contributed by atoms with Crippen molar-refractivity contribution in [3.63, 3.8) is 0 Å². The van der Waals surface area contributed by atoms with Crippen LogP contribution in [-0.4, -0.2) is 17.4 Å². The highest BCUT2D eigenvalue weighted by molar-refractivity contribution is 7.80. The average molecular weight is 383 g/mol. The van der Waals surface area contributed by atoms with E-state index in [1.54, 1.807) is 12.1 Å². The lowest BCUT2D eigenvalue weighted by Gasteiger charge is -2.17. The number of benzene rings is 2. The Hall–Kier alpha value is -2.53. The molecule has 0 aliphatic heterocycles. The number of carbonyl (C=O) groups excluding carboxylic acids is 1. The van der Waals surface area contributed by atoms with Crippen molar-refractivity contribution in [3.8, 4) is 0 Å². The largest absolute Gasteiger partial charge is 0.363 e. The molecule has 3 nitrogen and oxygen atoms in total. The number of nitrogens with one attached hydrogen (secondary N) is 2. The van der Waals surface area contributed by atoms with Crippen LogP contribution in [0, 0.1) is 5.82 Å². The second-order valence-corrected chi connectivity index (χ2v) is 7.02. The molecule has 5 heteroatoms. The number of hydrogen-bond acceptors (Lipinski definition) is 2. The number of allylic oxidation sites excluding steroid dienone is 1. The normalized spacial score (nSPS) is 15.5. The van der Waals surface area contributed by atoms with Crippen molar-refractivity contribution in [3.05, 3.63) is 77.1 Å². The molecule has 140 valence electrons. The molecule has 0 heterocycles. The third-order valence-electron chi connectivity index (χ3n) is 4.67. The van der Waals surface area contributed by atoms with E-state index in [9.17, 15) is 9.18 Å². The van der Waals surface area contributed by atoms with Gasteiger partial charge in [0, 0.05) is 13.0 Å². The summed E-state index contributed by atoms with van der Waals surface area (Å²) in [7, 11) is 0. The van der Waals surface area contributed by atoms with Gasteiger partial charge in [0.25, 0.3) is 0 Å². The first-order chi connectivity index (χ1) is 13.1. The van der Waals surface area contributed by atoms with Crippen LogP contribution in [0.25, 0.3) is 6.08 Å². The Balaban J connectivity index is 1.36. The van der Waals surface area contributed by atoms with Gasteiger partial charge in [-0.15, -0.1) is 0 Å². The zero-order chi connectivity index (χ0) is 19.1. The molecule has 1 aliphatic carbocycles. The molecule has 0 aromatic heterocycles. The van der Waals surface area contributed by atoms with Gasteiger partial charge in [-0.05, 0) is 60.3 Å². The molecule has 0 radical (unpaired) electrons. The standard InChI is InChI=1S/C22H23FN2OS/c23-20-10-4-9-19-18(20)13-14-21(19)25-22(27)24-15-5-8-17(26)12-11-16-6-2-1-3-7-16/h1-4,6-7,9-12,21H,5,8,13-15H2,(H2,24,25,27)/b12-11+. The second-order valence-electron chi connectivity index (χ2n) is 6.61. The maximum atomic E-state index is 13.8. The van der Waals surface area contributed by atoms with Gasteiger partial charge in [0.2, 0.25) is 0 Å². The van der Waals surface area contributed by atoms with Crippen LogP contribution >= 0.6 is 12.2 Å². The van der Waals surface area contributed by atoms with Crippen molar-refractivity contribution in [2.45, 2.75) is 31.7 Å². The quantitative estimate of drug-likeness (QED) is 0.425. The third-order valence-corrected chi connectivity index (χ3v) is 4.93. The van der Waals surface area contributed by atoms with Gasteiger partial charge in [-0.1, -0.05) is 48.5 Å². The summed E-state index contributed by atoms with van der Waals surface area (Å²) in [6.45, 7) is 0.624. The first kappa shape index (κ1) is 19.2. The molecule has 1 aliphatic rings. The van der Waals surface area contributed by atoms with Crippen molar-refractivity contribution in [2.24, 2.45) is 0 Å². The van der Waals surface area contributed by atoms with E-state index < -0.39 is 0 Å². The van der Waals surface area contributed by atoms with E-state index in [1.807, 2.05) is 42.5 Å². The van der Waals surface area contributed by atoms with Crippen LogP contribution in [0.4, 0.5) is 4.39 Å². The van der Waals surface area contributed by atoms with Crippen molar-refractivity contribution >= 4 is 29.2 Å². The maximum absolute atomic E-state index is 13.8. The molecule has 2 aromatic rings. The predicted octanol–water partition coefficient (Wildman–Crippen LogP) is 4.34. The molecule has 27 heavy (non-hydrogen) atoms.